The highest BCUT2D eigenvalue weighted by Crippen LogP contribution is 1.35. The molecule has 0 aromatic rings. The molecule has 0 rings (SSSR count). The Balaban J connectivity index is 0. The van der Waals surface area contributed by atoms with Crippen LogP contribution < -0.4 is 18.2 Å². The minimum atomic E-state index is 0. The van der Waals surface area contributed by atoms with Crippen molar-refractivity contribution in [1.29, 1.82) is 0 Å². The first-order valence-electron chi connectivity index (χ1n) is 0.716. The topological polar surface area (TPSA) is 76.4 Å². The third-order valence-corrected chi connectivity index (χ3v) is 0.0632. The lowest BCUT2D eigenvalue weighted by Crippen LogP contribution is -3.00. The summed E-state index contributed by atoms with van der Waals surface area (Å²) < 4.78 is 0. The van der Waals surface area contributed by atoms with Crippen LogP contribution in [-0.4, -0.2) is 0 Å². The molecule has 0 saturated heterocycles. The third kappa shape index (κ3) is 27.6. The Morgan fingerprint density at radius 1 is 1.80 bits per heavy atom. The molecule has 0 radical (unpaired) electrons. The summed E-state index contributed by atoms with van der Waals surface area (Å²) in [7, 11) is 0. The smallest absolute Gasteiger partial charge is 0.108 e. The highest BCUT2D eigenvalue weighted by atomic mass is 35.5. The van der Waals surface area contributed by atoms with Crippen molar-refractivity contribution in [2.24, 2.45) is 5.22 Å². The minimum Gasteiger partial charge on any atom is -1.00 e. The first-order chi connectivity index (χ1) is 1.91. The molecular weight excluding hydrogens is 91.5 g/mol. The van der Waals surface area contributed by atoms with E-state index in [1.54, 1.807) is 0 Å². The Kier molecular flexibility index (Phi) is 16.9. The van der Waals surface area contributed by atoms with Crippen molar-refractivity contribution in [3.05, 3.63) is 10.4 Å². The molecule has 0 fully saturated rings. The van der Waals surface area contributed by atoms with Gasteiger partial charge in [0.2, 0.25) is 0 Å². The predicted molar refractivity (Wildman–Crippen MR) is 12.0 cm³/mol. The van der Waals surface area contributed by atoms with Crippen LogP contribution >= 0.6 is 0 Å². The lowest BCUT2D eigenvalue weighted by molar-refractivity contribution is -0.375. The van der Waals surface area contributed by atoms with Gasteiger partial charge in [0.1, 0.15) is 5.22 Å². The Bertz CT molecular complexity index is 41.6. The zero-order chi connectivity index (χ0) is 3.41. The van der Waals surface area contributed by atoms with Crippen LogP contribution in [0.15, 0.2) is 5.22 Å². The van der Waals surface area contributed by atoms with Crippen molar-refractivity contribution in [3.63, 3.8) is 0 Å². The zero-order valence-corrected chi connectivity index (χ0v) is 3.18. The van der Waals surface area contributed by atoms with Crippen molar-refractivity contribution < 1.29 is 18.2 Å². The second-order valence-corrected chi connectivity index (χ2v) is 0.231. The summed E-state index contributed by atoms with van der Waals surface area (Å²) in [5, 5.41) is 2.67. The van der Waals surface area contributed by atoms with E-state index in [4.69, 9.17) is 5.53 Å². The van der Waals surface area contributed by atoms with Crippen LogP contribution in [0.3, 0.4) is 0 Å². The fourth-order valence-corrected chi connectivity index (χ4v) is 0. The molecule has 0 heterocycles. The van der Waals surface area contributed by atoms with Crippen molar-refractivity contribution in [3.8, 4) is 0 Å². The van der Waals surface area contributed by atoms with Crippen LogP contribution in [0.5, 0.6) is 0 Å². The van der Waals surface area contributed by atoms with Crippen molar-refractivity contribution in [2.45, 2.75) is 0 Å². The van der Waals surface area contributed by atoms with Gasteiger partial charge in [0.05, 0.1) is 4.91 Å². The lowest BCUT2D eigenvalue weighted by Gasteiger charge is -1.32. The Morgan fingerprint density at radius 2 is 2.00 bits per heavy atom. The van der Waals surface area contributed by atoms with E-state index < -0.39 is 0 Å². The summed E-state index contributed by atoms with van der Waals surface area (Å²) in [6.07, 6.45) is 0. The first-order valence-corrected chi connectivity index (χ1v) is 0.716. The van der Waals surface area contributed by atoms with Gasteiger partial charge in [-0.15, -0.1) is 0 Å². The van der Waals surface area contributed by atoms with Gasteiger partial charge in [-0.3, -0.25) is 0 Å². The van der Waals surface area contributed by atoms with E-state index in [2.05, 4.69) is 16.0 Å². The maximum atomic E-state index is 7.27. The first kappa shape index (κ1) is 8.82. The molecule has 0 aliphatic heterocycles. The van der Waals surface area contributed by atoms with Crippen LogP contribution in [0.1, 0.15) is 0 Å². The monoisotopic (exact) mass is 94.0 g/mol. The summed E-state index contributed by atoms with van der Waals surface area (Å²) in [5.74, 6) is 2.81. The number of hydrogen-bond donors (Lipinski definition) is 1. The van der Waals surface area contributed by atoms with Crippen LogP contribution in [0.25, 0.3) is 10.4 Å². The van der Waals surface area contributed by atoms with E-state index in [0.29, 0.717) is 0 Å². The summed E-state index contributed by atoms with van der Waals surface area (Å²) in [6, 6.07) is 0. The number of quaternary nitrogens is 1. The van der Waals surface area contributed by atoms with Gasteiger partial charge in [0.15, 0.2) is 0 Å². The van der Waals surface area contributed by atoms with Crippen molar-refractivity contribution in [1.82, 2.24) is 0 Å². The van der Waals surface area contributed by atoms with Gasteiger partial charge >= 0.3 is 0 Å². The van der Waals surface area contributed by atoms with Crippen LogP contribution in [0.4, 0.5) is 0 Å². The number of azide groups is 1. The summed E-state index contributed by atoms with van der Waals surface area (Å²) in [4.78, 5) is 2.25. The Labute approximate surface area is 35.0 Å². The second kappa shape index (κ2) is 9.59. The molecule has 0 aliphatic carbocycles. The summed E-state index contributed by atoms with van der Waals surface area (Å²) >= 11 is 0. The van der Waals surface area contributed by atoms with Gasteiger partial charge in [0.25, 0.3) is 0 Å². The molecular formula is H3ClN4. The minimum absolute atomic E-state index is 0. The maximum Gasteiger partial charge on any atom is 0.108 e. The fourth-order valence-electron chi connectivity index (χ4n) is 0. The van der Waals surface area contributed by atoms with Crippen molar-refractivity contribution in [2.75, 3.05) is 0 Å². The quantitative estimate of drug-likeness (QED) is 0.140. The Hall–Kier alpha value is -0.440. The number of rotatable bonds is 0. The molecule has 4 nitrogen and oxygen atoms in total. The standard InChI is InChI=1S/ClH.H2N4/c;1-3-4-2/h1H;1H2. The summed E-state index contributed by atoms with van der Waals surface area (Å²) in [6.45, 7) is 0. The average Bonchev–Trinajstić information content (AvgIpc) is 1.37. The van der Waals surface area contributed by atoms with Crippen molar-refractivity contribution >= 4 is 0 Å². The van der Waals surface area contributed by atoms with Crippen LogP contribution in [-0.2, 0) is 0 Å². The van der Waals surface area contributed by atoms with E-state index in [1.165, 1.54) is 0 Å². The summed E-state index contributed by atoms with van der Waals surface area (Å²) in [5.41, 5.74) is 7.27. The predicted octanol–water partition coefficient (Wildman–Crippen LogP) is -3.54. The van der Waals surface area contributed by atoms with E-state index in [0.717, 1.165) is 0 Å². The number of hydrogen-bond acceptors (Lipinski definition) is 1. The number of halogens is 1. The van der Waals surface area contributed by atoms with E-state index >= 15 is 0 Å². The molecule has 0 unspecified atom stereocenters. The van der Waals surface area contributed by atoms with Gasteiger partial charge in [-0.2, -0.15) is 0 Å². The van der Waals surface area contributed by atoms with Gasteiger partial charge in [0, 0.05) is 5.53 Å². The van der Waals surface area contributed by atoms with Gasteiger partial charge < -0.3 is 12.4 Å². The van der Waals surface area contributed by atoms with E-state index in [1.807, 2.05) is 0 Å². The SMILES string of the molecule is [Cl-].[N-]=[N+]=N[NH3+]. The highest BCUT2D eigenvalue weighted by molar-refractivity contribution is 4.24. The van der Waals surface area contributed by atoms with Crippen LogP contribution in [0.2, 0.25) is 0 Å². The fraction of sp³-hybridized carbons (Fsp3) is 0. The lowest BCUT2D eigenvalue weighted by atomic mass is 12.7. The molecule has 0 aliphatic rings. The molecule has 0 saturated carbocycles. The van der Waals surface area contributed by atoms with Crippen LogP contribution in [0, 0.1) is 0 Å². The zero-order valence-electron chi connectivity index (χ0n) is 2.43. The molecule has 0 atom stereocenters. The maximum absolute atomic E-state index is 7.27. The second-order valence-electron chi connectivity index (χ2n) is 0.231. The largest absolute Gasteiger partial charge is 1.00 e. The van der Waals surface area contributed by atoms with Gasteiger partial charge in [-0.05, 0) is 0 Å². The highest BCUT2D eigenvalue weighted by Gasteiger charge is 1.32. The number of nitrogens with zero attached hydrogens (tertiary/aromatic N) is 3. The molecule has 0 amide bonds. The third-order valence-electron chi connectivity index (χ3n) is 0.0632. The molecule has 0 bridgehead atoms. The average molecular weight is 94.5 g/mol. The molecule has 5 heavy (non-hydrogen) atoms. The van der Waals surface area contributed by atoms with Gasteiger partial charge in [-0.25, -0.2) is 5.84 Å². The van der Waals surface area contributed by atoms with E-state index in [-0.39, 0.29) is 12.4 Å². The molecule has 30 valence electrons. The van der Waals surface area contributed by atoms with Gasteiger partial charge in [-0.1, -0.05) is 0 Å². The van der Waals surface area contributed by atoms with E-state index in [9.17, 15) is 0 Å². The molecule has 0 spiro atoms. The molecule has 5 heteroatoms. The molecule has 3 N–H and O–H groups in total. The normalized spacial score (nSPS) is 3.40. The Morgan fingerprint density at radius 3 is 2.00 bits per heavy atom. The molecule has 0 aromatic heterocycles. The molecule has 0 aromatic carbocycles.